The minimum atomic E-state index is -4.78. The second-order valence-corrected chi connectivity index (χ2v) is 9.76. The lowest BCUT2D eigenvalue weighted by Crippen LogP contribution is -2.16. The first kappa shape index (κ1) is 27.3. The van der Waals surface area contributed by atoms with Crippen LogP contribution in [-0.4, -0.2) is 16.1 Å². The van der Waals surface area contributed by atoms with Crippen LogP contribution in [-0.2, 0) is 4.33 Å². The van der Waals surface area contributed by atoms with Crippen molar-refractivity contribution in [3.63, 3.8) is 0 Å². The molecule has 0 fully saturated rings. The largest absolute Gasteiger partial charge is 0.573 e. The lowest BCUT2D eigenvalue weighted by Gasteiger charge is -2.12. The first-order chi connectivity index (χ1) is 20.4. The fourth-order valence-corrected chi connectivity index (χ4v) is 4.77. The maximum Gasteiger partial charge on any atom is 0.573 e. The molecule has 210 valence electrons. The third-order valence-corrected chi connectivity index (χ3v) is 6.76. The molecule has 6 rings (SSSR count). The Bertz CT molecular complexity index is 1800. The van der Waals surface area contributed by atoms with Crippen molar-refractivity contribution in [1.29, 1.82) is 0 Å². The lowest BCUT2D eigenvalue weighted by molar-refractivity contribution is -0.274. The van der Waals surface area contributed by atoms with Crippen molar-refractivity contribution in [2.75, 3.05) is 0 Å². The second-order valence-electron chi connectivity index (χ2n) is 8.99. The van der Waals surface area contributed by atoms with Gasteiger partial charge in [0.15, 0.2) is 5.65 Å². The number of ether oxygens (including phenoxy) is 2. The number of nitrogens with zero attached hydrogens (tertiary/aromatic N) is 2. The van der Waals surface area contributed by atoms with Gasteiger partial charge in [0.25, 0.3) is 0 Å². The Morgan fingerprint density at radius 3 is 2.12 bits per heavy atom. The third-order valence-electron chi connectivity index (χ3n) is 6.16. The topological polar surface area (TPSA) is 54.7 Å². The molecule has 6 nitrogen and oxygen atoms in total. The fraction of sp³-hybridized carbons (Fsp3) is 0.0312. The Balaban J connectivity index is 1.38. The molecule has 4 aromatic carbocycles. The van der Waals surface area contributed by atoms with E-state index in [1.165, 1.54) is 16.9 Å². The van der Waals surface area contributed by atoms with E-state index in [1.807, 2.05) is 91.0 Å². The summed E-state index contributed by atoms with van der Waals surface area (Å²) in [5, 5.41) is 0.680. The predicted octanol–water partition coefficient (Wildman–Crippen LogP) is 9.13. The number of aromatic nitrogens is 2. The number of pyridine rings is 1. The van der Waals surface area contributed by atoms with Crippen LogP contribution in [0.5, 0.6) is 17.2 Å². The minimum absolute atomic E-state index is 0.320. The van der Waals surface area contributed by atoms with Crippen molar-refractivity contribution in [2.45, 2.75) is 11.3 Å². The number of alkyl halides is 3. The molecule has 0 saturated carbocycles. The summed E-state index contributed by atoms with van der Waals surface area (Å²) >= 11 is 1.03. The number of benzene rings is 4. The van der Waals surface area contributed by atoms with Crippen molar-refractivity contribution < 1.29 is 32.0 Å². The molecule has 0 aliphatic carbocycles. The molecule has 0 radical (unpaired) electrons. The lowest BCUT2D eigenvalue weighted by atomic mass is 10.0. The molecule has 2 aromatic heterocycles. The summed E-state index contributed by atoms with van der Waals surface area (Å²) in [6.45, 7) is 0. The van der Waals surface area contributed by atoms with E-state index < -0.39 is 6.36 Å². The van der Waals surface area contributed by atoms with Gasteiger partial charge in [0, 0.05) is 33.2 Å². The van der Waals surface area contributed by atoms with Crippen LogP contribution in [0.3, 0.4) is 0 Å². The molecule has 0 amide bonds. The number of rotatable bonds is 9. The van der Waals surface area contributed by atoms with E-state index in [4.69, 9.17) is 14.1 Å². The third kappa shape index (κ3) is 6.35. The minimum Gasteiger partial charge on any atom is -0.457 e. The number of hydrogen-bond acceptors (Lipinski definition) is 6. The van der Waals surface area contributed by atoms with E-state index in [9.17, 15) is 13.2 Å². The highest BCUT2D eigenvalue weighted by atomic mass is 32.2. The Morgan fingerprint density at radius 1 is 0.690 bits per heavy atom. The van der Waals surface area contributed by atoms with Gasteiger partial charge in [0.2, 0.25) is 0 Å². The summed E-state index contributed by atoms with van der Waals surface area (Å²) in [6.07, 6.45) is -1.42. The average Bonchev–Trinajstić information content (AvgIpc) is 3.36. The SMILES string of the molecule is FC(F)(F)Oc1ccc(-c2cn(OOSc3ccccc3)c3ncc(-c4ccccc4Oc4ccccc4)cc23)cc1. The van der Waals surface area contributed by atoms with Crippen LogP contribution in [0.15, 0.2) is 133 Å². The van der Waals surface area contributed by atoms with Crippen LogP contribution < -0.4 is 14.5 Å². The van der Waals surface area contributed by atoms with Crippen molar-refractivity contribution >= 4 is 23.1 Å². The highest BCUT2D eigenvalue weighted by Crippen LogP contribution is 2.37. The highest BCUT2D eigenvalue weighted by molar-refractivity contribution is 7.94. The first-order valence-corrected chi connectivity index (χ1v) is 13.4. The first-order valence-electron chi connectivity index (χ1n) is 12.7. The van der Waals surface area contributed by atoms with Crippen molar-refractivity contribution in [3.05, 3.63) is 128 Å². The normalized spacial score (nSPS) is 11.4. The van der Waals surface area contributed by atoms with Crippen LogP contribution in [0, 0.1) is 0 Å². The van der Waals surface area contributed by atoms with Gasteiger partial charge in [0.05, 0.1) is 18.2 Å². The molecule has 10 heteroatoms. The fourth-order valence-electron chi connectivity index (χ4n) is 4.32. The van der Waals surface area contributed by atoms with Gasteiger partial charge in [-0.05, 0) is 54.1 Å². The van der Waals surface area contributed by atoms with Crippen molar-refractivity contribution in [1.82, 2.24) is 9.71 Å². The summed E-state index contributed by atoms with van der Waals surface area (Å²) in [5.74, 6) is 1.01. The molecule has 0 spiro atoms. The zero-order valence-corrected chi connectivity index (χ0v) is 22.5. The van der Waals surface area contributed by atoms with Gasteiger partial charge in [-0.25, -0.2) is 9.97 Å². The molecule has 0 bridgehead atoms. The maximum atomic E-state index is 12.7. The van der Waals surface area contributed by atoms with E-state index >= 15 is 0 Å². The molecule has 0 aliphatic rings. The van der Waals surface area contributed by atoms with E-state index in [0.717, 1.165) is 28.1 Å². The van der Waals surface area contributed by atoms with E-state index in [0.29, 0.717) is 33.7 Å². The van der Waals surface area contributed by atoms with E-state index in [1.54, 1.807) is 24.5 Å². The van der Waals surface area contributed by atoms with Crippen LogP contribution in [0.1, 0.15) is 0 Å². The van der Waals surface area contributed by atoms with E-state index in [2.05, 4.69) is 9.72 Å². The highest BCUT2D eigenvalue weighted by Gasteiger charge is 2.31. The molecule has 2 heterocycles. The Kier molecular flexibility index (Phi) is 7.72. The van der Waals surface area contributed by atoms with Gasteiger partial charge in [-0.3, -0.25) is 0 Å². The molecule has 0 unspecified atom stereocenters. The Labute approximate surface area is 243 Å². The number of para-hydroxylation sites is 2. The van der Waals surface area contributed by atoms with Crippen LogP contribution in [0.25, 0.3) is 33.3 Å². The molecule has 0 saturated heterocycles. The van der Waals surface area contributed by atoms with Gasteiger partial charge < -0.3 is 9.47 Å². The van der Waals surface area contributed by atoms with Gasteiger partial charge in [-0.1, -0.05) is 71.1 Å². The van der Waals surface area contributed by atoms with Crippen LogP contribution >= 0.6 is 12.0 Å². The zero-order valence-electron chi connectivity index (χ0n) is 21.7. The standard InChI is InChI=1S/C32H21F3N2O4S/c33-32(34,35)39-25-17-15-22(16-18-25)29-21-37(40-41-42-26-11-5-2-6-12-26)31-28(29)19-23(20-36-31)27-13-7-8-14-30(27)38-24-9-3-1-4-10-24/h1-21H. The van der Waals surface area contributed by atoms with Gasteiger partial charge >= 0.3 is 6.36 Å². The van der Waals surface area contributed by atoms with Crippen molar-refractivity contribution in [2.24, 2.45) is 0 Å². The second kappa shape index (κ2) is 11.9. The number of halogens is 3. The molecular formula is C32H21F3N2O4S. The van der Waals surface area contributed by atoms with Crippen LogP contribution in [0.4, 0.5) is 13.2 Å². The summed E-state index contributed by atoms with van der Waals surface area (Å²) in [7, 11) is 0. The average molecular weight is 587 g/mol. The van der Waals surface area contributed by atoms with Gasteiger partial charge in [0.1, 0.15) is 17.2 Å². The molecule has 0 aliphatic heterocycles. The summed E-state index contributed by atoms with van der Waals surface area (Å²) in [6, 6.07) is 33.9. The quantitative estimate of drug-likeness (QED) is 0.0957. The molecule has 0 atom stereocenters. The van der Waals surface area contributed by atoms with Crippen molar-refractivity contribution in [3.8, 4) is 39.5 Å². The summed E-state index contributed by atoms with van der Waals surface area (Å²) in [4.78, 5) is 11.1. The monoisotopic (exact) mass is 586 g/mol. The van der Waals surface area contributed by atoms with Crippen LogP contribution in [0.2, 0.25) is 0 Å². The predicted molar refractivity (Wildman–Crippen MR) is 154 cm³/mol. The van der Waals surface area contributed by atoms with Gasteiger partial charge in [-0.15, -0.1) is 17.9 Å². The summed E-state index contributed by atoms with van der Waals surface area (Å²) < 4.78 is 55.1. The summed E-state index contributed by atoms with van der Waals surface area (Å²) in [5.41, 5.74) is 3.30. The number of fused-ring (bicyclic) bond motifs is 1. The molecule has 42 heavy (non-hydrogen) atoms. The zero-order chi connectivity index (χ0) is 28.9. The molecule has 0 N–H and O–H groups in total. The van der Waals surface area contributed by atoms with E-state index in [-0.39, 0.29) is 5.75 Å². The number of hydrogen-bond donors (Lipinski definition) is 0. The Hall–Kier alpha value is -4.93. The smallest absolute Gasteiger partial charge is 0.457 e. The van der Waals surface area contributed by atoms with Gasteiger partial charge in [-0.2, -0.15) is 0 Å². The Morgan fingerprint density at radius 2 is 1.38 bits per heavy atom. The molecular weight excluding hydrogens is 565 g/mol. The maximum absolute atomic E-state index is 12.7. The molecule has 6 aromatic rings.